The molecule has 0 bridgehead atoms. The Morgan fingerprint density at radius 3 is 1.70 bits per heavy atom. The lowest BCUT2D eigenvalue weighted by atomic mass is 10.00. The van der Waals surface area contributed by atoms with Crippen molar-refractivity contribution >= 4 is 17.3 Å². The second kappa shape index (κ2) is 10.6. The predicted octanol–water partition coefficient (Wildman–Crippen LogP) is 6.39. The average Bonchev–Trinajstić information content (AvgIpc) is 2.85. The molecule has 0 saturated heterocycles. The number of hydrogen-bond donors (Lipinski definition) is 1. The molecule has 0 saturated carbocycles. The average molecular weight is 433 g/mol. The zero-order chi connectivity index (χ0) is 23.0. The van der Waals surface area contributed by atoms with E-state index in [1.165, 1.54) is 0 Å². The lowest BCUT2D eigenvalue weighted by Gasteiger charge is -2.18. The van der Waals surface area contributed by atoms with E-state index in [1.807, 2.05) is 123 Å². The van der Waals surface area contributed by atoms with E-state index in [9.17, 15) is 4.79 Å². The highest BCUT2D eigenvalue weighted by molar-refractivity contribution is 6.14. The van der Waals surface area contributed by atoms with Crippen molar-refractivity contribution in [2.45, 2.75) is 26.3 Å². The van der Waals surface area contributed by atoms with Crippen LogP contribution in [-0.4, -0.2) is 17.7 Å². The molecule has 1 amide bonds. The van der Waals surface area contributed by atoms with Crippen LogP contribution in [0.4, 0.5) is 5.69 Å². The molecule has 0 unspecified atom stereocenters. The van der Waals surface area contributed by atoms with Crippen LogP contribution in [0.15, 0.2) is 114 Å². The fraction of sp³-hybridized carbons (Fsp3) is 0.133. The van der Waals surface area contributed by atoms with Crippen LogP contribution in [0.25, 0.3) is 0 Å². The normalized spacial score (nSPS) is 11.5. The van der Waals surface area contributed by atoms with Crippen molar-refractivity contribution in [2.24, 2.45) is 4.99 Å². The molecule has 164 valence electrons. The topological polar surface area (TPSA) is 41.5 Å². The molecule has 0 radical (unpaired) electrons. The zero-order valence-electron chi connectivity index (χ0n) is 19.0. The summed E-state index contributed by atoms with van der Waals surface area (Å²) in [4.78, 5) is 18.7. The highest BCUT2D eigenvalue weighted by Crippen LogP contribution is 2.21. The van der Waals surface area contributed by atoms with Crippen LogP contribution in [0.3, 0.4) is 0 Å². The van der Waals surface area contributed by atoms with Gasteiger partial charge in [0.1, 0.15) is 6.04 Å². The Morgan fingerprint density at radius 1 is 0.697 bits per heavy atom. The summed E-state index contributed by atoms with van der Waals surface area (Å²) < 4.78 is 0. The van der Waals surface area contributed by atoms with Crippen LogP contribution >= 0.6 is 0 Å². The number of rotatable bonds is 7. The molecule has 0 aliphatic rings. The smallest absolute Gasteiger partial charge is 0.249 e. The van der Waals surface area contributed by atoms with Crippen LogP contribution < -0.4 is 5.32 Å². The van der Waals surface area contributed by atoms with Crippen molar-refractivity contribution in [1.29, 1.82) is 0 Å². The number of hydrogen-bond acceptors (Lipinski definition) is 2. The second-order valence-electron chi connectivity index (χ2n) is 8.17. The molecule has 0 aliphatic carbocycles. The van der Waals surface area contributed by atoms with Gasteiger partial charge < -0.3 is 5.32 Å². The van der Waals surface area contributed by atoms with E-state index in [1.54, 1.807) is 0 Å². The first-order valence-corrected chi connectivity index (χ1v) is 11.2. The molecule has 0 aliphatic heterocycles. The number of nitrogens with one attached hydrogen (secondary N) is 1. The van der Waals surface area contributed by atoms with E-state index < -0.39 is 6.04 Å². The third kappa shape index (κ3) is 5.64. The molecule has 33 heavy (non-hydrogen) atoms. The number of aryl methyl sites for hydroxylation is 2. The lowest BCUT2D eigenvalue weighted by molar-refractivity contribution is -0.117. The zero-order valence-corrected chi connectivity index (χ0v) is 19.0. The van der Waals surface area contributed by atoms with E-state index in [2.05, 4.69) is 5.32 Å². The Labute approximate surface area is 195 Å². The number of nitrogens with zero attached hydrogens (tertiary/aromatic N) is 1. The second-order valence-corrected chi connectivity index (χ2v) is 8.17. The number of carbonyl (C=O) groups excluding carboxylic acids is 1. The van der Waals surface area contributed by atoms with Gasteiger partial charge in [0.25, 0.3) is 0 Å². The lowest BCUT2D eigenvalue weighted by Crippen LogP contribution is -2.30. The summed E-state index contributed by atoms with van der Waals surface area (Å²) in [6.45, 7) is 4.02. The first-order chi connectivity index (χ1) is 16.1. The Kier molecular flexibility index (Phi) is 7.11. The van der Waals surface area contributed by atoms with Crippen molar-refractivity contribution in [2.75, 3.05) is 5.32 Å². The fourth-order valence-electron chi connectivity index (χ4n) is 3.92. The van der Waals surface area contributed by atoms with Gasteiger partial charge in [0, 0.05) is 23.2 Å². The van der Waals surface area contributed by atoms with Gasteiger partial charge in [0.05, 0.1) is 5.71 Å². The summed E-state index contributed by atoms with van der Waals surface area (Å²) in [5.41, 5.74) is 6.80. The van der Waals surface area contributed by atoms with E-state index in [0.717, 1.165) is 39.2 Å². The molecule has 4 aromatic rings. The minimum absolute atomic E-state index is 0.111. The van der Waals surface area contributed by atoms with E-state index >= 15 is 0 Å². The standard InChI is InChI=1S/C30H28N2O/c1-22-13-12-14-23(2)28(22)32-30(33)27(21-24-15-6-3-7-16-24)31-29(25-17-8-4-9-18-25)26-19-10-5-11-20-26/h3-20,27H,21H2,1-2H3,(H,32,33)/t27-/m0/s1. The van der Waals surface area contributed by atoms with Crippen LogP contribution in [0.1, 0.15) is 27.8 Å². The first-order valence-electron chi connectivity index (χ1n) is 11.2. The summed E-state index contributed by atoms with van der Waals surface area (Å²) in [5, 5.41) is 3.16. The highest BCUT2D eigenvalue weighted by Gasteiger charge is 2.21. The predicted molar refractivity (Wildman–Crippen MR) is 137 cm³/mol. The van der Waals surface area contributed by atoms with Crippen molar-refractivity contribution < 1.29 is 4.79 Å². The molecule has 0 heterocycles. The third-order valence-corrected chi connectivity index (χ3v) is 5.68. The van der Waals surface area contributed by atoms with Crippen LogP contribution in [0, 0.1) is 13.8 Å². The summed E-state index contributed by atoms with van der Waals surface area (Å²) in [5.74, 6) is -0.111. The molecule has 0 aromatic heterocycles. The molecule has 1 atom stereocenters. The molecule has 4 rings (SSSR count). The molecular weight excluding hydrogens is 404 g/mol. The van der Waals surface area contributed by atoms with Gasteiger partial charge in [0.15, 0.2) is 0 Å². The van der Waals surface area contributed by atoms with Crippen molar-refractivity contribution in [3.63, 3.8) is 0 Å². The van der Waals surface area contributed by atoms with Gasteiger partial charge in [-0.15, -0.1) is 0 Å². The van der Waals surface area contributed by atoms with Gasteiger partial charge in [0.2, 0.25) is 5.91 Å². The molecule has 1 N–H and O–H groups in total. The number of benzene rings is 4. The molecule has 0 fully saturated rings. The van der Waals surface area contributed by atoms with Crippen LogP contribution in [0.2, 0.25) is 0 Å². The maximum absolute atomic E-state index is 13.6. The maximum atomic E-state index is 13.6. The third-order valence-electron chi connectivity index (χ3n) is 5.68. The Morgan fingerprint density at radius 2 is 1.18 bits per heavy atom. The number of aliphatic imine (C=N–C) groups is 1. The van der Waals surface area contributed by atoms with Crippen molar-refractivity contribution in [3.05, 3.63) is 137 Å². The summed E-state index contributed by atoms with van der Waals surface area (Å²) in [6.07, 6.45) is 0.515. The molecule has 4 aromatic carbocycles. The number of amides is 1. The minimum atomic E-state index is -0.582. The maximum Gasteiger partial charge on any atom is 0.249 e. The van der Waals surface area contributed by atoms with E-state index in [-0.39, 0.29) is 5.91 Å². The van der Waals surface area contributed by atoms with E-state index in [4.69, 9.17) is 4.99 Å². The van der Waals surface area contributed by atoms with Crippen LogP contribution in [0.5, 0.6) is 0 Å². The highest BCUT2D eigenvalue weighted by atomic mass is 16.2. The molecule has 3 nitrogen and oxygen atoms in total. The van der Waals surface area contributed by atoms with Gasteiger partial charge in [-0.25, -0.2) is 0 Å². The quantitative estimate of drug-likeness (QED) is 0.338. The number of carbonyl (C=O) groups is 1. The van der Waals surface area contributed by atoms with Crippen LogP contribution in [-0.2, 0) is 11.2 Å². The van der Waals surface area contributed by atoms with Gasteiger partial charge >= 0.3 is 0 Å². The Hall–Kier alpha value is -3.98. The summed E-state index contributed by atoms with van der Waals surface area (Å²) in [7, 11) is 0. The van der Waals surface area contributed by atoms with Gasteiger partial charge in [-0.3, -0.25) is 9.79 Å². The number of para-hydroxylation sites is 1. The van der Waals surface area contributed by atoms with Crippen molar-refractivity contribution in [3.8, 4) is 0 Å². The number of anilines is 1. The molecule has 0 spiro atoms. The Balaban J connectivity index is 1.77. The largest absolute Gasteiger partial charge is 0.324 e. The van der Waals surface area contributed by atoms with Crippen molar-refractivity contribution in [1.82, 2.24) is 0 Å². The minimum Gasteiger partial charge on any atom is -0.324 e. The van der Waals surface area contributed by atoms with Gasteiger partial charge in [-0.1, -0.05) is 109 Å². The van der Waals surface area contributed by atoms with Gasteiger partial charge in [-0.05, 0) is 30.5 Å². The fourth-order valence-corrected chi connectivity index (χ4v) is 3.92. The molecular formula is C30H28N2O. The monoisotopic (exact) mass is 432 g/mol. The summed E-state index contributed by atoms with van der Waals surface area (Å²) in [6, 6.07) is 35.6. The van der Waals surface area contributed by atoms with Gasteiger partial charge in [-0.2, -0.15) is 0 Å². The SMILES string of the molecule is Cc1cccc(C)c1NC(=O)[C@H](Cc1ccccc1)N=C(c1ccccc1)c1ccccc1. The van der Waals surface area contributed by atoms with E-state index in [0.29, 0.717) is 6.42 Å². The molecule has 3 heteroatoms. The first kappa shape index (κ1) is 22.2. The Bertz CT molecular complexity index is 1170. The summed E-state index contributed by atoms with van der Waals surface area (Å²) >= 11 is 0.